The van der Waals surface area contributed by atoms with Crippen molar-refractivity contribution in [2.24, 2.45) is 0 Å². The van der Waals surface area contributed by atoms with E-state index in [1.165, 1.54) is 6.07 Å². The summed E-state index contributed by atoms with van der Waals surface area (Å²) in [4.78, 5) is 0. The third kappa shape index (κ3) is 1.99. The van der Waals surface area contributed by atoms with E-state index in [0.717, 1.165) is 6.07 Å². The Labute approximate surface area is 81.5 Å². The molecule has 0 N–H and O–H groups in total. The molecule has 3 heteroatoms. The first kappa shape index (κ1) is 10.5. The number of hydrogen-bond donors (Lipinski definition) is 0. The van der Waals surface area contributed by atoms with Crippen LogP contribution in [-0.2, 0) is 5.41 Å². The SMILES string of the molecule is CC(C)(C)c1ccc(F)c(F)c1Cl. The number of hydrogen-bond acceptors (Lipinski definition) is 0. The van der Waals surface area contributed by atoms with Crippen LogP contribution in [0.3, 0.4) is 0 Å². The molecule has 0 aliphatic carbocycles. The zero-order valence-corrected chi connectivity index (χ0v) is 8.54. The van der Waals surface area contributed by atoms with Crippen LogP contribution in [0.2, 0.25) is 5.02 Å². The van der Waals surface area contributed by atoms with Crippen molar-refractivity contribution in [2.45, 2.75) is 26.2 Å². The summed E-state index contributed by atoms with van der Waals surface area (Å²) in [5.41, 5.74) is 0.346. The molecule has 1 rings (SSSR count). The van der Waals surface area contributed by atoms with Gasteiger partial charge in [0.05, 0.1) is 5.02 Å². The lowest BCUT2D eigenvalue weighted by atomic mass is 9.87. The van der Waals surface area contributed by atoms with Crippen LogP contribution in [0.25, 0.3) is 0 Å². The predicted molar refractivity (Wildman–Crippen MR) is 50.1 cm³/mol. The highest BCUT2D eigenvalue weighted by Gasteiger charge is 2.21. The van der Waals surface area contributed by atoms with E-state index in [0.29, 0.717) is 5.56 Å². The van der Waals surface area contributed by atoms with Gasteiger partial charge in [0.25, 0.3) is 0 Å². The van der Waals surface area contributed by atoms with Crippen LogP contribution in [0.15, 0.2) is 12.1 Å². The number of benzene rings is 1. The zero-order chi connectivity index (χ0) is 10.2. The van der Waals surface area contributed by atoms with Gasteiger partial charge in [0.1, 0.15) is 0 Å². The average Bonchev–Trinajstić information content (AvgIpc) is 1.98. The van der Waals surface area contributed by atoms with E-state index >= 15 is 0 Å². The number of rotatable bonds is 0. The maximum atomic E-state index is 13.0. The van der Waals surface area contributed by atoms with Crippen molar-refractivity contribution in [3.05, 3.63) is 34.4 Å². The van der Waals surface area contributed by atoms with Gasteiger partial charge >= 0.3 is 0 Å². The van der Waals surface area contributed by atoms with Crippen molar-refractivity contribution in [1.29, 1.82) is 0 Å². The highest BCUT2D eigenvalue weighted by Crippen LogP contribution is 2.31. The van der Waals surface area contributed by atoms with Gasteiger partial charge in [-0.25, -0.2) is 8.78 Å². The fourth-order valence-corrected chi connectivity index (χ4v) is 1.54. The highest BCUT2D eigenvalue weighted by atomic mass is 35.5. The quantitative estimate of drug-likeness (QED) is 0.562. The fourth-order valence-electron chi connectivity index (χ4n) is 1.11. The van der Waals surface area contributed by atoms with Crippen molar-refractivity contribution >= 4 is 11.6 Å². The molecule has 0 fully saturated rings. The number of halogens is 3. The molecule has 0 unspecified atom stereocenters. The van der Waals surface area contributed by atoms with E-state index in [9.17, 15) is 8.78 Å². The Kier molecular flexibility index (Phi) is 2.62. The summed E-state index contributed by atoms with van der Waals surface area (Å²) in [6, 6.07) is 2.61. The largest absolute Gasteiger partial charge is 0.204 e. The maximum Gasteiger partial charge on any atom is 0.177 e. The van der Waals surface area contributed by atoms with Crippen molar-refractivity contribution in [3.63, 3.8) is 0 Å². The van der Waals surface area contributed by atoms with Crippen LogP contribution in [0.1, 0.15) is 26.3 Å². The van der Waals surface area contributed by atoms with E-state index in [4.69, 9.17) is 11.6 Å². The first-order chi connectivity index (χ1) is 5.84. The molecule has 0 spiro atoms. The Bertz CT molecular complexity index is 326. The molecule has 1 aromatic rings. The summed E-state index contributed by atoms with van der Waals surface area (Å²) < 4.78 is 25.7. The van der Waals surface area contributed by atoms with Crippen molar-refractivity contribution in [3.8, 4) is 0 Å². The molecule has 0 nitrogen and oxygen atoms in total. The summed E-state index contributed by atoms with van der Waals surface area (Å²) in [6.07, 6.45) is 0. The molecule has 0 saturated carbocycles. The van der Waals surface area contributed by atoms with Crippen LogP contribution < -0.4 is 0 Å². The van der Waals surface area contributed by atoms with Gasteiger partial charge in [-0.2, -0.15) is 0 Å². The molecule has 0 atom stereocenters. The Balaban J connectivity index is 3.35. The molecule has 0 radical (unpaired) electrons. The van der Waals surface area contributed by atoms with Crippen LogP contribution in [-0.4, -0.2) is 0 Å². The van der Waals surface area contributed by atoms with Gasteiger partial charge in [0, 0.05) is 0 Å². The van der Waals surface area contributed by atoms with Gasteiger partial charge in [-0.3, -0.25) is 0 Å². The molecule has 0 bridgehead atoms. The van der Waals surface area contributed by atoms with Gasteiger partial charge in [-0.15, -0.1) is 0 Å². The lowest BCUT2D eigenvalue weighted by Gasteiger charge is -2.20. The molecule has 13 heavy (non-hydrogen) atoms. The van der Waals surface area contributed by atoms with Gasteiger partial charge < -0.3 is 0 Å². The lowest BCUT2D eigenvalue weighted by Crippen LogP contribution is -2.12. The molecule has 0 heterocycles. The topological polar surface area (TPSA) is 0 Å². The molecule has 0 aliphatic rings. The fraction of sp³-hybridized carbons (Fsp3) is 0.400. The monoisotopic (exact) mass is 204 g/mol. The maximum absolute atomic E-state index is 13.0. The minimum Gasteiger partial charge on any atom is -0.204 e. The Morgan fingerprint density at radius 3 is 2.15 bits per heavy atom. The van der Waals surface area contributed by atoms with E-state index < -0.39 is 11.6 Å². The van der Waals surface area contributed by atoms with Gasteiger partial charge in [-0.1, -0.05) is 38.4 Å². The van der Waals surface area contributed by atoms with Crippen molar-refractivity contribution in [2.75, 3.05) is 0 Å². The van der Waals surface area contributed by atoms with E-state index in [-0.39, 0.29) is 10.4 Å². The van der Waals surface area contributed by atoms with Gasteiger partial charge in [0.2, 0.25) is 0 Å². The lowest BCUT2D eigenvalue weighted by molar-refractivity contribution is 0.499. The summed E-state index contributed by atoms with van der Waals surface area (Å²) in [5, 5.41) is -0.118. The van der Waals surface area contributed by atoms with Crippen LogP contribution >= 0.6 is 11.6 Å². The van der Waals surface area contributed by atoms with Crippen LogP contribution in [0.5, 0.6) is 0 Å². The third-order valence-electron chi connectivity index (χ3n) is 1.84. The first-order valence-corrected chi connectivity index (χ1v) is 4.36. The summed E-state index contributed by atoms with van der Waals surface area (Å²) in [7, 11) is 0. The summed E-state index contributed by atoms with van der Waals surface area (Å²) >= 11 is 5.67. The first-order valence-electron chi connectivity index (χ1n) is 3.98. The molecular weight excluding hydrogens is 194 g/mol. The Hall–Kier alpha value is -0.630. The van der Waals surface area contributed by atoms with E-state index in [1.807, 2.05) is 20.8 Å². The van der Waals surface area contributed by atoms with Crippen LogP contribution in [0.4, 0.5) is 8.78 Å². The minimum atomic E-state index is -0.964. The second kappa shape index (κ2) is 3.26. The molecule has 72 valence electrons. The Morgan fingerprint density at radius 1 is 1.15 bits per heavy atom. The smallest absolute Gasteiger partial charge is 0.177 e. The van der Waals surface area contributed by atoms with Gasteiger partial charge in [-0.05, 0) is 17.0 Å². The van der Waals surface area contributed by atoms with Crippen molar-refractivity contribution in [1.82, 2.24) is 0 Å². The molecule has 0 aliphatic heterocycles. The summed E-state index contributed by atoms with van der Waals surface area (Å²) in [5.74, 6) is -1.87. The average molecular weight is 205 g/mol. The highest BCUT2D eigenvalue weighted by molar-refractivity contribution is 6.31. The predicted octanol–water partition coefficient (Wildman–Crippen LogP) is 3.92. The zero-order valence-electron chi connectivity index (χ0n) is 7.79. The molecule has 0 aromatic heterocycles. The van der Waals surface area contributed by atoms with Crippen LogP contribution in [0, 0.1) is 11.6 Å². The second-order valence-electron chi connectivity index (χ2n) is 3.97. The standard InChI is InChI=1S/C10H11ClF2/c1-10(2,3)6-4-5-7(12)9(13)8(6)11/h4-5H,1-3H3. The second-order valence-corrected chi connectivity index (χ2v) is 4.35. The molecular formula is C10H11ClF2. The normalized spacial score (nSPS) is 11.8. The molecule has 1 aromatic carbocycles. The minimum absolute atomic E-state index is 0.118. The molecule has 0 amide bonds. The van der Waals surface area contributed by atoms with Crippen molar-refractivity contribution < 1.29 is 8.78 Å². The summed E-state index contributed by atoms with van der Waals surface area (Å²) in [6.45, 7) is 5.68. The van der Waals surface area contributed by atoms with E-state index in [2.05, 4.69) is 0 Å². The van der Waals surface area contributed by atoms with E-state index in [1.54, 1.807) is 0 Å². The third-order valence-corrected chi connectivity index (χ3v) is 2.21. The molecule has 0 saturated heterocycles. The Morgan fingerprint density at radius 2 is 1.69 bits per heavy atom. The van der Waals surface area contributed by atoms with Gasteiger partial charge in [0.15, 0.2) is 11.6 Å².